The van der Waals surface area contributed by atoms with E-state index in [1.807, 2.05) is 30.2 Å². The SMILES string of the molecule is Cc1ncc2c(n1)[C@]1(C)CCCN(C(=O)c3cn4c5c(cccc5c3=O)CC4)C1CC2. The molecular weight excluding hydrogens is 388 g/mol. The number of para-hydroxylation sites is 1. The number of nitrogens with zero attached hydrogens (tertiary/aromatic N) is 4. The zero-order valence-corrected chi connectivity index (χ0v) is 18.0. The number of benzene rings is 1. The lowest BCUT2D eigenvalue weighted by molar-refractivity contribution is 0.0377. The molecule has 158 valence electrons. The van der Waals surface area contributed by atoms with Crippen molar-refractivity contribution in [3.05, 3.63) is 69.0 Å². The van der Waals surface area contributed by atoms with Crippen LogP contribution < -0.4 is 5.43 Å². The molecule has 2 aromatic heterocycles. The van der Waals surface area contributed by atoms with Gasteiger partial charge < -0.3 is 9.47 Å². The minimum Gasteiger partial charge on any atom is -0.346 e. The summed E-state index contributed by atoms with van der Waals surface area (Å²) in [5.74, 6) is 0.647. The Hall–Kier alpha value is -3.02. The smallest absolute Gasteiger partial charge is 0.259 e. The minimum atomic E-state index is -0.202. The Morgan fingerprint density at radius 2 is 2.06 bits per heavy atom. The van der Waals surface area contributed by atoms with Gasteiger partial charge >= 0.3 is 0 Å². The number of hydrogen-bond acceptors (Lipinski definition) is 4. The first-order chi connectivity index (χ1) is 15.0. The summed E-state index contributed by atoms with van der Waals surface area (Å²) in [6.07, 6.45) is 8.32. The topological polar surface area (TPSA) is 68.1 Å². The van der Waals surface area contributed by atoms with Crippen LogP contribution >= 0.6 is 0 Å². The van der Waals surface area contributed by atoms with Gasteiger partial charge in [0.25, 0.3) is 5.91 Å². The molecule has 1 unspecified atom stereocenters. The third kappa shape index (κ3) is 2.57. The summed E-state index contributed by atoms with van der Waals surface area (Å²) in [6.45, 7) is 5.67. The summed E-state index contributed by atoms with van der Waals surface area (Å²) in [7, 11) is 0. The molecule has 31 heavy (non-hydrogen) atoms. The van der Waals surface area contributed by atoms with E-state index in [-0.39, 0.29) is 22.8 Å². The van der Waals surface area contributed by atoms with Gasteiger partial charge in [-0.1, -0.05) is 19.1 Å². The summed E-state index contributed by atoms with van der Waals surface area (Å²) in [5, 5.41) is 0.665. The Kier molecular flexibility index (Phi) is 3.92. The fraction of sp³-hybridized carbons (Fsp3) is 0.440. The number of likely N-dealkylation sites (tertiary alicyclic amines) is 1. The molecule has 1 aromatic carbocycles. The van der Waals surface area contributed by atoms with Crippen LogP contribution in [0.1, 0.15) is 59.2 Å². The largest absolute Gasteiger partial charge is 0.346 e. The molecule has 1 aliphatic carbocycles. The number of carbonyl (C=O) groups excluding carboxylic acids is 1. The molecule has 3 aromatic rings. The quantitative estimate of drug-likeness (QED) is 0.613. The summed E-state index contributed by atoms with van der Waals surface area (Å²) in [4.78, 5) is 38.3. The maximum absolute atomic E-state index is 13.8. The molecular formula is C25H26N4O2. The predicted octanol–water partition coefficient (Wildman–Crippen LogP) is 3.16. The van der Waals surface area contributed by atoms with Crippen molar-refractivity contribution in [2.45, 2.75) is 64.0 Å². The summed E-state index contributed by atoms with van der Waals surface area (Å²) < 4.78 is 2.09. The second-order valence-corrected chi connectivity index (χ2v) is 9.49. The monoisotopic (exact) mass is 414 g/mol. The lowest BCUT2D eigenvalue weighted by atomic mass is 9.65. The van der Waals surface area contributed by atoms with Gasteiger partial charge in [0.1, 0.15) is 11.4 Å². The molecule has 1 amide bonds. The normalized spacial score (nSPS) is 24.2. The molecule has 2 aliphatic heterocycles. The van der Waals surface area contributed by atoms with E-state index in [1.54, 1.807) is 6.20 Å². The van der Waals surface area contributed by atoms with Crippen LogP contribution in [0.5, 0.6) is 0 Å². The van der Waals surface area contributed by atoms with E-state index < -0.39 is 0 Å². The van der Waals surface area contributed by atoms with Crippen molar-refractivity contribution in [1.82, 2.24) is 19.4 Å². The van der Waals surface area contributed by atoms with Gasteiger partial charge in [0, 0.05) is 42.3 Å². The highest BCUT2D eigenvalue weighted by Gasteiger charge is 2.48. The molecule has 1 fully saturated rings. The third-order valence-corrected chi connectivity index (χ3v) is 7.71. The van der Waals surface area contributed by atoms with Crippen molar-refractivity contribution >= 4 is 16.8 Å². The zero-order chi connectivity index (χ0) is 21.3. The van der Waals surface area contributed by atoms with Crippen LogP contribution in [0.25, 0.3) is 10.9 Å². The summed E-state index contributed by atoms with van der Waals surface area (Å²) in [5.41, 5.74) is 4.44. The standard InChI is InChI=1S/C25H26N4O2/c1-15-26-13-17-7-8-20-25(2,23(17)27-15)10-4-11-29(20)24(31)19-14-28-12-9-16-5-3-6-18(21(16)28)22(19)30/h3,5-6,13-14,20H,4,7-12H2,1-2H3/t20?,25-/m1/s1. The first-order valence-electron chi connectivity index (χ1n) is 11.3. The van der Waals surface area contributed by atoms with Crippen LogP contribution in [0.2, 0.25) is 0 Å². The molecule has 0 N–H and O–H groups in total. The van der Waals surface area contributed by atoms with Gasteiger partial charge in [-0.05, 0) is 56.2 Å². The number of aryl methyl sites for hydroxylation is 4. The lowest BCUT2D eigenvalue weighted by Crippen LogP contribution is -2.58. The van der Waals surface area contributed by atoms with Crippen LogP contribution in [-0.2, 0) is 24.8 Å². The van der Waals surface area contributed by atoms with Gasteiger partial charge in [-0.3, -0.25) is 9.59 Å². The Balaban J connectivity index is 1.44. The molecule has 0 bridgehead atoms. The van der Waals surface area contributed by atoms with E-state index in [0.717, 1.165) is 55.7 Å². The molecule has 4 heterocycles. The Labute approximate surface area is 180 Å². The molecule has 0 spiro atoms. The second-order valence-electron chi connectivity index (χ2n) is 9.49. The number of aromatic nitrogens is 3. The average Bonchev–Trinajstić information content (AvgIpc) is 3.19. The Morgan fingerprint density at radius 1 is 1.19 bits per heavy atom. The number of fused-ring (bicyclic) bond motifs is 3. The molecule has 0 radical (unpaired) electrons. The number of hydrogen-bond donors (Lipinski definition) is 0. The highest BCUT2D eigenvalue weighted by Crippen LogP contribution is 2.45. The van der Waals surface area contributed by atoms with Crippen molar-refractivity contribution in [3.8, 4) is 0 Å². The highest BCUT2D eigenvalue weighted by atomic mass is 16.2. The first kappa shape index (κ1) is 18.7. The van der Waals surface area contributed by atoms with Crippen LogP contribution in [0.3, 0.4) is 0 Å². The number of rotatable bonds is 1. The van der Waals surface area contributed by atoms with E-state index in [2.05, 4.69) is 22.5 Å². The van der Waals surface area contributed by atoms with Crippen molar-refractivity contribution in [2.75, 3.05) is 6.54 Å². The van der Waals surface area contributed by atoms with Crippen molar-refractivity contribution in [1.29, 1.82) is 0 Å². The van der Waals surface area contributed by atoms with E-state index >= 15 is 0 Å². The molecule has 0 saturated carbocycles. The molecule has 6 heteroatoms. The minimum absolute atomic E-state index is 0.0514. The van der Waals surface area contributed by atoms with E-state index in [0.29, 0.717) is 17.5 Å². The maximum atomic E-state index is 13.8. The van der Waals surface area contributed by atoms with Crippen molar-refractivity contribution < 1.29 is 4.79 Å². The molecule has 3 aliphatic rings. The zero-order valence-electron chi connectivity index (χ0n) is 18.0. The second kappa shape index (κ2) is 6.49. The number of amides is 1. The predicted molar refractivity (Wildman–Crippen MR) is 118 cm³/mol. The van der Waals surface area contributed by atoms with Crippen molar-refractivity contribution in [2.24, 2.45) is 0 Å². The Bertz CT molecular complexity index is 1310. The fourth-order valence-electron chi connectivity index (χ4n) is 6.21. The van der Waals surface area contributed by atoms with Crippen LogP contribution in [0, 0.1) is 6.92 Å². The molecule has 2 atom stereocenters. The van der Waals surface area contributed by atoms with Crippen LogP contribution in [0.4, 0.5) is 0 Å². The fourth-order valence-corrected chi connectivity index (χ4v) is 6.21. The first-order valence-corrected chi connectivity index (χ1v) is 11.3. The van der Waals surface area contributed by atoms with E-state index in [9.17, 15) is 9.59 Å². The maximum Gasteiger partial charge on any atom is 0.259 e. The Morgan fingerprint density at radius 3 is 2.94 bits per heavy atom. The van der Waals surface area contributed by atoms with E-state index in [1.165, 1.54) is 11.1 Å². The lowest BCUT2D eigenvalue weighted by Gasteiger charge is -2.51. The van der Waals surface area contributed by atoms with Gasteiger partial charge in [0.15, 0.2) is 0 Å². The van der Waals surface area contributed by atoms with Gasteiger partial charge in [0.05, 0.1) is 11.2 Å². The van der Waals surface area contributed by atoms with Gasteiger partial charge in [-0.2, -0.15) is 0 Å². The van der Waals surface area contributed by atoms with E-state index in [4.69, 9.17) is 4.98 Å². The van der Waals surface area contributed by atoms with Crippen LogP contribution in [0.15, 0.2) is 35.4 Å². The molecule has 1 saturated heterocycles. The summed E-state index contributed by atoms with van der Waals surface area (Å²) in [6, 6.07) is 5.92. The average molecular weight is 415 g/mol. The van der Waals surface area contributed by atoms with Gasteiger partial charge in [-0.15, -0.1) is 0 Å². The van der Waals surface area contributed by atoms with Gasteiger partial charge in [-0.25, -0.2) is 9.97 Å². The van der Waals surface area contributed by atoms with Crippen LogP contribution in [-0.4, -0.2) is 37.9 Å². The van der Waals surface area contributed by atoms with Crippen molar-refractivity contribution in [3.63, 3.8) is 0 Å². The number of pyridine rings is 1. The molecule has 6 nitrogen and oxygen atoms in total. The number of carbonyl (C=O) groups is 1. The summed E-state index contributed by atoms with van der Waals surface area (Å²) >= 11 is 0. The highest BCUT2D eigenvalue weighted by molar-refractivity contribution is 5.98. The molecule has 6 rings (SSSR count). The third-order valence-electron chi connectivity index (χ3n) is 7.71. The van der Waals surface area contributed by atoms with Gasteiger partial charge in [0.2, 0.25) is 5.43 Å². The number of piperidine rings is 1.